The molecule has 0 aliphatic carbocycles. The average Bonchev–Trinajstić information content (AvgIpc) is 3.43. The smallest absolute Gasteiger partial charge is 0.236 e. The minimum absolute atomic E-state index is 0.0319. The first-order valence-electron chi connectivity index (χ1n) is 8.79. The molecule has 0 N–H and O–H groups in total. The number of hydrogen-bond donors (Lipinski definition) is 0. The Morgan fingerprint density at radius 1 is 1.14 bits per heavy atom. The second-order valence-electron chi connectivity index (χ2n) is 6.33. The van der Waals surface area contributed by atoms with Gasteiger partial charge in [0.25, 0.3) is 0 Å². The number of hydrogen-bond acceptors (Lipinski definition) is 5. The molecule has 0 radical (unpaired) electrons. The van der Waals surface area contributed by atoms with Gasteiger partial charge in [0, 0.05) is 10.9 Å². The summed E-state index contributed by atoms with van der Waals surface area (Å²) in [6.07, 6.45) is -0.0527. The van der Waals surface area contributed by atoms with Gasteiger partial charge in [0.2, 0.25) is 11.8 Å². The second kappa shape index (κ2) is 8.26. The lowest BCUT2D eigenvalue weighted by Crippen LogP contribution is -2.32. The molecular formula is C21H16F2N2O2S2. The van der Waals surface area contributed by atoms with E-state index < -0.39 is 11.6 Å². The van der Waals surface area contributed by atoms with Crippen LogP contribution in [0.25, 0.3) is 10.8 Å². The first kappa shape index (κ1) is 19.5. The summed E-state index contributed by atoms with van der Waals surface area (Å²) in [5, 5.41) is 3.80. The van der Waals surface area contributed by atoms with Crippen molar-refractivity contribution in [3.63, 3.8) is 0 Å². The number of aromatic nitrogens is 1. The van der Waals surface area contributed by atoms with Gasteiger partial charge in [-0.25, -0.2) is 13.8 Å². The van der Waals surface area contributed by atoms with Crippen molar-refractivity contribution in [2.75, 3.05) is 4.90 Å². The molecule has 1 aromatic carbocycles. The van der Waals surface area contributed by atoms with E-state index in [1.165, 1.54) is 33.6 Å². The summed E-state index contributed by atoms with van der Waals surface area (Å²) in [5.41, 5.74) is 0.529. The molecule has 0 fully saturated rings. The van der Waals surface area contributed by atoms with Gasteiger partial charge in [-0.2, -0.15) is 0 Å². The maximum absolute atomic E-state index is 14.4. The standard InChI is InChI=1S/C21H16F2N2O2S2/c1-13-17(24-21(27-13)19-5-3-9-29-19)11-20(26)25(12-15-4-2-8-28-15)18-7-6-14(22)10-16(18)23/h2-10H,11-12H2,1H3. The number of rotatable bonds is 6. The van der Waals surface area contributed by atoms with E-state index in [2.05, 4.69) is 4.98 Å². The van der Waals surface area contributed by atoms with E-state index in [1.54, 1.807) is 6.92 Å². The van der Waals surface area contributed by atoms with Crippen molar-refractivity contribution < 1.29 is 18.0 Å². The largest absolute Gasteiger partial charge is 0.440 e. The molecule has 0 aliphatic rings. The summed E-state index contributed by atoms with van der Waals surface area (Å²) in [4.78, 5) is 20.6. The molecule has 0 saturated heterocycles. The molecule has 8 heteroatoms. The molecule has 0 saturated carbocycles. The number of halogens is 2. The molecule has 4 nitrogen and oxygen atoms in total. The maximum atomic E-state index is 14.4. The van der Waals surface area contributed by atoms with Crippen LogP contribution in [-0.4, -0.2) is 10.9 Å². The van der Waals surface area contributed by atoms with E-state index in [0.717, 1.165) is 21.9 Å². The molecule has 148 valence electrons. The number of carbonyl (C=O) groups excluding carboxylic acids is 1. The predicted octanol–water partition coefficient (Wildman–Crippen LogP) is 5.83. The van der Waals surface area contributed by atoms with Crippen molar-refractivity contribution in [3.8, 4) is 10.8 Å². The van der Waals surface area contributed by atoms with Crippen LogP contribution >= 0.6 is 22.7 Å². The summed E-state index contributed by atoms with van der Waals surface area (Å²) in [6, 6.07) is 10.7. The van der Waals surface area contributed by atoms with Crippen molar-refractivity contribution in [1.29, 1.82) is 0 Å². The molecule has 0 spiro atoms. The number of nitrogens with zero attached hydrogens (tertiary/aromatic N) is 2. The molecule has 1 amide bonds. The minimum Gasteiger partial charge on any atom is -0.440 e. The topological polar surface area (TPSA) is 46.3 Å². The van der Waals surface area contributed by atoms with Gasteiger partial charge >= 0.3 is 0 Å². The number of amides is 1. The molecule has 4 aromatic rings. The van der Waals surface area contributed by atoms with Crippen LogP contribution in [-0.2, 0) is 17.8 Å². The Morgan fingerprint density at radius 2 is 1.93 bits per heavy atom. The van der Waals surface area contributed by atoms with Crippen molar-refractivity contribution >= 4 is 34.3 Å². The Kier molecular flexibility index (Phi) is 5.55. The highest BCUT2D eigenvalue weighted by Gasteiger charge is 2.23. The Hall–Kier alpha value is -2.84. The molecule has 3 aromatic heterocycles. The molecule has 3 heterocycles. The van der Waals surface area contributed by atoms with E-state index in [0.29, 0.717) is 17.3 Å². The lowest BCUT2D eigenvalue weighted by Gasteiger charge is -2.22. The van der Waals surface area contributed by atoms with Crippen molar-refractivity contribution in [2.24, 2.45) is 0 Å². The zero-order chi connectivity index (χ0) is 20.4. The van der Waals surface area contributed by atoms with Gasteiger partial charge in [-0.3, -0.25) is 4.79 Å². The minimum atomic E-state index is -0.786. The molecule has 0 atom stereocenters. The number of aryl methyl sites for hydroxylation is 1. The third-order valence-corrected chi connectivity index (χ3v) is 6.06. The van der Waals surface area contributed by atoms with Gasteiger partial charge in [0.15, 0.2) is 0 Å². The lowest BCUT2D eigenvalue weighted by atomic mass is 10.2. The fourth-order valence-electron chi connectivity index (χ4n) is 2.90. The van der Waals surface area contributed by atoms with Crippen LogP contribution in [0.1, 0.15) is 16.3 Å². The van der Waals surface area contributed by atoms with Crippen LogP contribution in [0.5, 0.6) is 0 Å². The van der Waals surface area contributed by atoms with E-state index >= 15 is 0 Å². The van der Waals surface area contributed by atoms with Crippen molar-refractivity contribution in [2.45, 2.75) is 19.9 Å². The third-order valence-electron chi connectivity index (χ3n) is 4.34. The lowest BCUT2D eigenvalue weighted by molar-refractivity contribution is -0.118. The number of oxazole rings is 1. The van der Waals surface area contributed by atoms with Gasteiger partial charge < -0.3 is 9.32 Å². The fourth-order valence-corrected chi connectivity index (χ4v) is 4.24. The number of carbonyl (C=O) groups is 1. The molecule has 29 heavy (non-hydrogen) atoms. The summed E-state index contributed by atoms with van der Waals surface area (Å²) < 4.78 is 33.5. The SMILES string of the molecule is Cc1oc(-c2cccs2)nc1CC(=O)N(Cc1cccs1)c1ccc(F)cc1F. The third kappa shape index (κ3) is 4.28. The van der Waals surface area contributed by atoms with Crippen LogP contribution < -0.4 is 4.90 Å². The Balaban J connectivity index is 1.63. The predicted molar refractivity (Wildman–Crippen MR) is 110 cm³/mol. The van der Waals surface area contributed by atoms with Crippen LogP contribution in [0.4, 0.5) is 14.5 Å². The van der Waals surface area contributed by atoms with E-state index in [-0.39, 0.29) is 24.6 Å². The van der Waals surface area contributed by atoms with E-state index in [4.69, 9.17) is 4.42 Å². The zero-order valence-corrected chi connectivity index (χ0v) is 17.0. The van der Waals surface area contributed by atoms with Crippen LogP contribution in [0.15, 0.2) is 57.6 Å². The highest BCUT2D eigenvalue weighted by Crippen LogP contribution is 2.28. The van der Waals surface area contributed by atoms with Crippen molar-refractivity contribution in [1.82, 2.24) is 4.98 Å². The summed E-state index contributed by atoms with van der Waals surface area (Å²) in [5.74, 6) is -0.831. The quantitative estimate of drug-likeness (QED) is 0.387. The van der Waals surface area contributed by atoms with E-state index in [9.17, 15) is 13.6 Å². The van der Waals surface area contributed by atoms with Gasteiger partial charge in [0.05, 0.1) is 29.2 Å². The Bertz CT molecular complexity index is 1120. The van der Waals surface area contributed by atoms with Gasteiger partial charge in [-0.15, -0.1) is 22.7 Å². The van der Waals surface area contributed by atoms with Gasteiger partial charge in [0.1, 0.15) is 17.4 Å². The zero-order valence-electron chi connectivity index (χ0n) is 15.4. The van der Waals surface area contributed by atoms with Gasteiger partial charge in [-0.05, 0) is 41.9 Å². The molecule has 0 unspecified atom stereocenters. The first-order valence-corrected chi connectivity index (χ1v) is 10.5. The van der Waals surface area contributed by atoms with Crippen LogP contribution in [0, 0.1) is 18.6 Å². The molecular weight excluding hydrogens is 414 g/mol. The molecule has 4 rings (SSSR count). The summed E-state index contributed by atoms with van der Waals surface area (Å²) in [6.45, 7) is 1.93. The fraction of sp³-hybridized carbons (Fsp3) is 0.143. The second-order valence-corrected chi connectivity index (χ2v) is 8.31. The van der Waals surface area contributed by atoms with Gasteiger partial charge in [-0.1, -0.05) is 12.1 Å². The number of anilines is 1. The average molecular weight is 431 g/mol. The number of thiophene rings is 2. The Labute approximate surface area is 174 Å². The van der Waals surface area contributed by atoms with E-state index in [1.807, 2.05) is 35.0 Å². The first-order chi connectivity index (χ1) is 14.0. The number of benzene rings is 1. The van der Waals surface area contributed by atoms with Crippen LogP contribution in [0.2, 0.25) is 0 Å². The summed E-state index contributed by atoms with van der Waals surface area (Å²) in [7, 11) is 0. The summed E-state index contributed by atoms with van der Waals surface area (Å²) >= 11 is 2.95. The van der Waals surface area contributed by atoms with Crippen molar-refractivity contribution in [3.05, 3.63) is 81.2 Å². The Morgan fingerprint density at radius 3 is 2.62 bits per heavy atom. The molecule has 0 aliphatic heterocycles. The normalized spacial score (nSPS) is 11.0. The van der Waals surface area contributed by atoms with Crippen LogP contribution in [0.3, 0.4) is 0 Å². The highest BCUT2D eigenvalue weighted by molar-refractivity contribution is 7.13. The highest BCUT2D eigenvalue weighted by atomic mass is 32.1. The monoisotopic (exact) mass is 430 g/mol. The molecule has 0 bridgehead atoms. The maximum Gasteiger partial charge on any atom is 0.236 e.